The van der Waals surface area contributed by atoms with Gasteiger partial charge in [0.1, 0.15) is 0 Å². The van der Waals surface area contributed by atoms with Gasteiger partial charge in [-0.15, -0.1) is 0 Å². The fourth-order valence-electron chi connectivity index (χ4n) is 0. The van der Waals surface area contributed by atoms with Crippen molar-refractivity contribution in [3.05, 3.63) is 0 Å². The van der Waals surface area contributed by atoms with Crippen LogP contribution in [-0.2, 0) is 10.4 Å². The molecule has 0 aliphatic heterocycles. The second-order valence-corrected chi connectivity index (χ2v) is 15.3. The second-order valence-electron chi connectivity index (χ2n) is 2.97. The Kier molecular flexibility index (Phi) is 6.28. The van der Waals surface area contributed by atoms with Crippen molar-refractivity contribution in [2.75, 3.05) is 0 Å². The summed E-state index contributed by atoms with van der Waals surface area (Å²) in [5.41, 5.74) is -0.583. The van der Waals surface area contributed by atoms with Crippen LogP contribution in [0.15, 0.2) is 0 Å². The van der Waals surface area contributed by atoms with Gasteiger partial charge in [-0.3, -0.25) is 8.42 Å². The van der Waals surface area contributed by atoms with Crippen molar-refractivity contribution in [3.63, 3.8) is 0 Å². The summed E-state index contributed by atoms with van der Waals surface area (Å²) in [6.07, 6.45) is 0. The van der Waals surface area contributed by atoms with E-state index in [0.29, 0.717) is 0 Å². The van der Waals surface area contributed by atoms with E-state index in [1.54, 1.807) is 0 Å². The third-order valence-corrected chi connectivity index (χ3v) is 0. The highest BCUT2D eigenvalue weighted by Gasteiger charge is 2.50. The largest absolute Gasteiger partial charge is 1.27 e. The van der Waals surface area contributed by atoms with Crippen molar-refractivity contribution < 1.29 is 17.5 Å². The highest BCUT2D eigenvalue weighted by Crippen LogP contribution is 1.87. The van der Waals surface area contributed by atoms with E-state index in [1.165, 1.54) is 0 Å². The van der Waals surface area contributed by atoms with Gasteiger partial charge in [0.05, 0.1) is 0 Å². The lowest BCUT2D eigenvalue weighted by Gasteiger charge is -2.06. The van der Waals surface area contributed by atoms with E-state index in [1.807, 2.05) is 0 Å². The zero-order valence-corrected chi connectivity index (χ0v) is 9.48. The molecule has 0 bridgehead atoms. The molecule has 0 unspecified atom stereocenters. The normalized spacial score (nSPS) is 11.8. The molecule has 0 saturated carbocycles. The van der Waals surface area contributed by atoms with Crippen LogP contribution in [0.25, 0.3) is 0 Å². The van der Waals surface area contributed by atoms with Gasteiger partial charge in [0.2, 0.25) is 0 Å². The predicted molar refractivity (Wildman–Crippen MR) is 39.6 cm³/mol. The molecule has 7 heteroatoms. The molecule has 0 aromatic heterocycles. The molecule has 0 atom stereocenters. The quantitative estimate of drug-likeness (QED) is 0.299. The minimum Gasteiger partial charge on any atom is -0.759 e. The van der Waals surface area contributed by atoms with E-state index in [4.69, 9.17) is 17.5 Å². The summed E-state index contributed by atoms with van der Waals surface area (Å²) < 4.78 is 34.1. The Bertz CT molecular complexity index is 155. The van der Waals surface area contributed by atoms with Gasteiger partial charge in [0.25, 0.3) is 0 Å². The molecule has 0 saturated heterocycles. The fourth-order valence-corrected chi connectivity index (χ4v) is 0. The summed E-state index contributed by atoms with van der Waals surface area (Å²) in [7, 11) is -5.17. The summed E-state index contributed by atoms with van der Waals surface area (Å²) in [5, 5.41) is 0. The molecule has 4 nitrogen and oxygen atoms in total. The van der Waals surface area contributed by atoms with Crippen LogP contribution in [0.1, 0.15) is 0 Å². The van der Waals surface area contributed by atoms with Gasteiger partial charge in [0.15, 0.2) is 0 Å². The Labute approximate surface area is 74.2 Å². The molecule has 0 heterocycles. The van der Waals surface area contributed by atoms with Crippen LogP contribution in [-0.4, -0.2) is 44.2 Å². The fraction of sp³-hybridized carbons (Fsp3) is 1.00. The molecule has 0 spiro atoms. The molecule has 0 aliphatic rings. The molecule has 7 radical (unpaired) electrons. The van der Waals surface area contributed by atoms with Crippen LogP contribution in [0.2, 0.25) is 19.6 Å². The molecule has 57 valence electrons. The van der Waals surface area contributed by atoms with Gasteiger partial charge in [-0.05, 0) is 19.6 Å². The first-order chi connectivity index (χ1) is 4.00. The third-order valence-electron chi connectivity index (χ3n) is 0. The van der Waals surface area contributed by atoms with Crippen LogP contribution >= 0.6 is 0 Å². The first-order valence-corrected chi connectivity index (χ1v) is 9.68. The first kappa shape index (κ1) is 13.4. The summed E-state index contributed by atoms with van der Waals surface area (Å²) in [4.78, 5) is 0. The van der Waals surface area contributed by atoms with Crippen LogP contribution in [0.3, 0.4) is 0 Å². The molecular weight excluding hydrogens is 184 g/mol. The first-order valence-electron chi connectivity index (χ1n) is 2.52. The zero-order valence-electron chi connectivity index (χ0n) is 6.25. The third kappa shape index (κ3) is 750. The summed E-state index contributed by atoms with van der Waals surface area (Å²) in [5.74, 6) is 0. The second kappa shape index (κ2) is 4.67. The van der Waals surface area contributed by atoms with Gasteiger partial charge in [-0.2, -0.15) is 0 Å². The van der Waals surface area contributed by atoms with Crippen molar-refractivity contribution in [1.29, 1.82) is 0 Å². The molecule has 0 N–H and O–H groups in total. The minimum atomic E-state index is -5.17. The van der Waals surface area contributed by atoms with E-state index < -0.39 is 16.1 Å². The Hall–Kier alpha value is 0.853. The van der Waals surface area contributed by atoms with Crippen molar-refractivity contribution in [1.82, 2.24) is 0 Å². The maximum atomic E-state index is 8.52. The lowest BCUT2D eigenvalue weighted by atomic mass is 11.8. The van der Waals surface area contributed by atoms with Gasteiger partial charge >= 0.3 is 26.7 Å². The van der Waals surface area contributed by atoms with Crippen molar-refractivity contribution >= 4 is 37.1 Å². The highest BCUT2D eigenvalue weighted by molar-refractivity contribution is 7.79. The molecule has 0 aromatic carbocycles. The number of hydrogen-bond acceptors (Lipinski definition) is 4. The van der Waals surface area contributed by atoms with E-state index in [9.17, 15) is 0 Å². The number of hydrogen-bond donors (Lipinski definition) is 0. The SMILES string of the molecule is C[Si](C)(C)[Mg+2].O=S(=O)([O-])[O-]. The van der Waals surface area contributed by atoms with Gasteiger partial charge in [0, 0.05) is 10.4 Å². The average molecular weight is 194 g/mol. The smallest absolute Gasteiger partial charge is 0.759 e. The maximum absolute atomic E-state index is 8.52. The van der Waals surface area contributed by atoms with Gasteiger partial charge < -0.3 is 9.11 Å². The molecular formula is C3H9MgO4SSi. The minimum absolute atomic E-state index is 0.583. The molecule has 0 rings (SSSR count). The molecule has 0 aliphatic carbocycles. The summed E-state index contributed by atoms with van der Waals surface area (Å²) in [6, 6.07) is 0. The van der Waals surface area contributed by atoms with E-state index in [0.717, 1.165) is 0 Å². The molecule has 0 fully saturated rings. The summed E-state index contributed by atoms with van der Waals surface area (Å²) in [6.45, 7) is 7.02. The Morgan fingerprint density at radius 1 is 1.20 bits per heavy atom. The zero-order chi connectivity index (χ0) is 9.00. The standard InChI is InChI=1S/C3H9Si.Mg.H2O4S/c1-4(2)3;;1-5(2,3)4/h1-3H3;;(H2,1,2,3,4)/q;+2;/p-2. The van der Waals surface area contributed by atoms with Crippen LogP contribution < -0.4 is 0 Å². The monoisotopic (exact) mass is 193 g/mol. The van der Waals surface area contributed by atoms with Crippen LogP contribution in [0.4, 0.5) is 0 Å². The van der Waals surface area contributed by atoms with E-state index >= 15 is 0 Å². The average Bonchev–Trinajstić information content (AvgIpc) is 1.12. The molecule has 0 amide bonds. The topological polar surface area (TPSA) is 80.3 Å². The maximum Gasteiger partial charge on any atom is 1.27 e. The summed E-state index contributed by atoms with van der Waals surface area (Å²) >= 11 is 2.15. The predicted octanol–water partition coefficient (Wildman–Crippen LogP) is -0.348. The van der Waals surface area contributed by atoms with Gasteiger partial charge in [-0.25, -0.2) is 0 Å². The Balaban J connectivity index is 0. The Morgan fingerprint density at radius 2 is 1.20 bits per heavy atom. The van der Waals surface area contributed by atoms with Crippen LogP contribution in [0, 0.1) is 0 Å². The molecule has 0 aromatic rings. The van der Waals surface area contributed by atoms with Crippen molar-refractivity contribution in [2.24, 2.45) is 0 Å². The molecule has 10 heavy (non-hydrogen) atoms. The van der Waals surface area contributed by atoms with Gasteiger partial charge in [-0.1, -0.05) is 0 Å². The Morgan fingerprint density at radius 3 is 1.20 bits per heavy atom. The lowest BCUT2D eigenvalue weighted by Crippen LogP contribution is -2.18. The highest BCUT2D eigenvalue weighted by atomic mass is 32.3. The van der Waals surface area contributed by atoms with Crippen LogP contribution in [0.5, 0.6) is 0 Å². The lowest BCUT2D eigenvalue weighted by molar-refractivity contribution is 0.352. The van der Waals surface area contributed by atoms with E-state index in [-0.39, 0.29) is 0 Å². The number of rotatable bonds is 0. The van der Waals surface area contributed by atoms with Crippen molar-refractivity contribution in [3.8, 4) is 0 Å². The van der Waals surface area contributed by atoms with Crippen molar-refractivity contribution in [2.45, 2.75) is 19.6 Å². The van der Waals surface area contributed by atoms with E-state index in [2.05, 4.69) is 40.6 Å².